The van der Waals surface area contributed by atoms with Crippen molar-refractivity contribution in [2.75, 3.05) is 30.8 Å². The standard InChI is InChI=1S/C13H20N2O/c1-3-15(9-10-4-5-10)13-8-11(16-2)6-7-12(13)14/h6-8,10H,3-5,9,14H2,1-2H3. The molecule has 0 heterocycles. The van der Waals surface area contributed by atoms with Crippen LogP contribution < -0.4 is 15.4 Å². The fraction of sp³-hybridized carbons (Fsp3) is 0.538. The van der Waals surface area contributed by atoms with Crippen LogP contribution in [-0.4, -0.2) is 20.2 Å². The Morgan fingerprint density at radius 1 is 1.44 bits per heavy atom. The van der Waals surface area contributed by atoms with Crippen molar-refractivity contribution in [3.63, 3.8) is 0 Å². The van der Waals surface area contributed by atoms with Gasteiger partial charge in [0, 0.05) is 19.2 Å². The molecule has 1 aliphatic rings. The maximum Gasteiger partial charge on any atom is 0.121 e. The topological polar surface area (TPSA) is 38.5 Å². The summed E-state index contributed by atoms with van der Waals surface area (Å²) in [4.78, 5) is 2.34. The minimum Gasteiger partial charge on any atom is -0.497 e. The molecule has 2 N–H and O–H groups in total. The van der Waals surface area contributed by atoms with E-state index in [4.69, 9.17) is 10.5 Å². The second-order valence-electron chi connectivity index (χ2n) is 4.41. The first-order valence-electron chi connectivity index (χ1n) is 5.93. The molecule has 3 heteroatoms. The average molecular weight is 220 g/mol. The van der Waals surface area contributed by atoms with E-state index in [-0.39, 0.29) is 0 Å². The molecule has 1 fully saturated rings. The molecule has 0 spiro atoms. The summed E-state index contributed by atoms with van der Waals surface area (Å²) in [5.74, 6) is 1.74. The number of ether oxygens (including phenoxy) is 1. The van der Waals surface area contributed by atoms with E-state index in [1.165, 1.54) is 12.8 Å². The number of benzene rings is 1. The molecule has 0 amide bonds. The molecule has 0 unspecified atom stereocenters. The summed E-state index contributed by atoms with van der Waals surface area (Å²) >= 11 is 0. The Hall–Kier alpha value is -1.38. The zero-order valence-electron chi connectivity index (χ0n) is 10.1. The van der Waals surface area contributed by atoms with E-state index in [0.29, 0.717) is 0 Å². The first-order chi connectivity index (χ1) is 7.74. The highest BCUT2D eigenvalue weighted by molar-refractivity contribution is 5.69. The normalized spacial score (nSPS) is 14.9. The number of nitrogens with zero attached hydrogens (tertiary/aromatic N) is 1. The largest absolute Gasteiger partial charge is 0.497 e. The molecule has 0 bridgehead atoms. The monoisotopic (exact) mass is 220 g/mol. The fourth-order valence-corrected chi connectivity index (χ4v) is 1.93. The SMILES string of the molecule is CCN(CC1CC1)c1cc(OC)ccc1N. The quantitative estimate of drug-likeness (QED) is 0.775. The van der Waals surface area contributed by atoms with Crippen molar-refractivity contribution >= 4 is 11.4 Å². The second-order valence-corrected chi connectivity index (χ2v) is 4.41. The van der Waals surface area contributed by atoms with Gasteiger partial charge in [-0.15, -0.1) is 0 Å². The first-order valence-corrected chi connectivity index (χ1v) is 5.93. The van der Waals surface area contributed by atoms with Crippen LogP contribution in [0.25, 0.3) is 0 Å². The number of hydrogen-bond acceptors (Lipinski definition) is 3. The predicted molar refractivity (Wildman–Crippen MR) is 68.0 cm³/mol. The summed E-state index contributed by atoms with van der Waals surface area (Å²) < 4.78 is 5.24. The zero-order chi connectivity index (χ0) is 11.5. The Morgan fingerprint density at radius 3 is 2.75 bits per heavy atom. The number of nitrogens with two attached hydrogens (primary N) is 1. The van der Waals surface area contributed by atoms with Crippen molar-refractivity contribution in [3.05, 3.63) is 18.2 Å². The predicted octanol–water partition coefficient (Wildman–Crippen LogP) is 2.51. The lowest BCUT2D eigenvalue weighted by molar-refractivity contribution is 0.415. The number of hydrogen-bond donors (Lipinski definition) is 1. The van der Waals surface area contributed by atoms with Gasteiger partial charge in [-0.25, -0.2) is 0 Å². The summed E-state index contributed by atoms with van der Waals surface area (Å²) in [7, 11) is 1.69. The van der Waals surface area contributed by atoms with Crippen LogP contribution in [0.5, 0.6) is 5.75 Å². The molecular weight excluding hydrogens is 200 g/mol. The lowest BCUT2D eigenvalue weighted by Crippen LogP contribution is -2.26. The van der Waals surface area contributed by atoms with Gasteiger partial charge in [-0.3, -0.25) is 0 Å². The van der Waals surface area contributed by atoms with Crippen LogP contribution >= 0.6 is 0 Å². The Kier molecular flexibility index (Phi) is 3.22. The summed E-state index contributed by atoms with van der Waals surface area (Å²) in [6.45, 7) is 4.28. The summed E-state index contributed by atoms with van der Waals surface area (Å²) in [6.07, 6.45) is 2.72. The second kappa shape index (κ2) is 4.64. The van der Waals surface area contributed by atoms with E-state index in [9.17, 15) is 0 Å². The van der Waals surface area contributed by atoms with Crippen LogP contribution in [-0.2, 0) is 0 Å². The van der Waals surface area contributed by atoms with E-state index in [1.54, 1.807) is 7.11 Å². The van der Waals surface area contributed by atoms with Gasteiger partial charge in [0.25, 0.3) is 0 Å². The van der Waals surface area contributed by atoms with Crippen molar-refractivity contribution in [2.24, 2.45) is 5.92 Å². The summed E-state index contributed by atoms with van der Waals surface area (Å²) in [6, 6.07) is 5.86. The van der Waals surface area contributed by atoms with Crippen LogP contribution in [0, 0.1) is 5.92 Å². The van der Waals surface area contributed by atoms with E-state index >= 15 is 0 Å². The Bertz CT molecular complexity index is 361. The third kappa shape index (κ3) is 2.40. The molecule has 0 aliphatic heterocycles. The molecule has 0 aromatic heterocycles. The molecule has 0 radical (unpaired) electrons. The van der Waals surface area contributed by atoms with Crippen molar-refractivity contribution in [3.8, 4) is 5.75 Å². The molecule has 0 atom stereocenters. The number of nitrogen functional groups attached to an aromatic ring is 1. The van der Waals surface area contributed by atoms with Gasteiger partial charge >= 0.3 is 0 Å². The Labute approximate surface area is 97.2 Å². The van der Waals surface area contributed by atoms with Gasteiger partial charge in [0.2, 0.25) is 0 Å². The number of anilines is 2. The van der Waals surface area contributed by atoms with Crippen LogP contribution in [0.15, 0.2) is 18.2 Å². The van der Waals surface area contributed by atoms with Crippen LogP contribution in [0.4, 0.5) is 11.4 Å². The molecule has 1 aliphatic carbocycles. The number of methoxy groups -OCH3 is 1. The molecule has 1 aromatic carbocycles. The summed E-state index contributed by atoms with van der Waals surface area (Å²) in [5.41, 5.74) is 7.96. The van der Waals surface area contributed by atoms with Crippen LogP contribution in [0.3, 0.4) is 0 Å². The van der Waals surface area contributed by atoms with Crippen molar-refractivity contribution < 1.29 is 4.74 Å². The van der Waals surface area contributed by atoms with Gasteiger partial charge in [-0.05, 0) is 37.8 Å². The lowest BCUT2D eigenvalue weighted by Gasteiger charge is -2.25. The van der Waals surface area contributed by atoms with Gasteiger partial charge in [-0.2, -0.15) is 0 Å². The van der Waals surface area contributed by atoms with Gasteiger partial charge in [0.05, 0.1) is 18.5 Å². The van der Waals surface area contributed by atoms with Crippen molar-refractivity contribution in [2.45, 2.75) is 19.8 Å². The molecule has 16 heavy (non-hydrogen) atoms. The highest BCUT2D eigenvalue weighted by Crippen LogP contribution is 2.34. The van der Waals surface area contributed by atoms with Gasteiger partial charge in [-0.1, -0.05) is 0 Å². The van der Waals surface area contributed by atoms with Crippen molar-refractivity contribution in [1.82, 2.24) is 0 Å². The molecule has 2 rings (SSSR count). The van der Waals surface area contributed by atoms with Gasteiger partial charge < -0.3 is 15.4 Å². The number of rotatable bonds is 5. The zero-order valence-corrected chi connectivity index (χ0v) is 10.1. The molecule has 1 aromatic rings. The molecule has 1 saturated carbocycles. The minimum absolute atomic E-state index is 0.836. The molecule has 88 valence electrons. The maximum absolute atomic E-state index is 6.02. The first kappa shape index (κ1) is 11.1. The van der Waals surface area contributed by atoms with Crippen molar-refractivity contribution in [1.29, 1.82) is 0 Å². The molecule has 3 nitrogen and oxygen atoms in total. The lowest BCUT2D eigenvalue weighted by atomic mass is 10.2. The average Bonchev–Trinajstić information content (AvgIpc) is 3.11. The molecule has 0 saturated heterocycles. The van der Waals surface area contributed by atoms with E-state index in [0.717, 1.165) is 36.1 Å². The summed E-state index contributed by atoms with van der Waals surface area (Å²) in [5, 5.41) is 0. The van der Waals surface area contributed by atoms with Crippen LogP contribution in [0.1, 0.15) is 19.8 Å². The Morgan fingerprint density at radius 2 is 2.19 bits per heavy atom. The highest BCUT2D eigenvalue weighted by atomic mass is 16.5. The van der Waals surface area contributed by atoms with E-state index < -0.39 is 0 Å². The highest BCUT2D eigenvalue weighted by Gasteiger charge is 2.24. The van der Waals surface area contributed by atoms with E-state index in [1.807, 2.05) is 18.2 Å². The maximum atomic E-state index is 6.02. The Balaban J connectivity index is 2.20. The van der Waals surface area contributed by atoms with Gasteiger partial charge in [0.15, 0.2) is 0 Å². The van der Waals surface area contributed by atoms with E-state index in [2.05, 4.69) is 11.8 Å². The smallest absolute Gasteiger partial charge is 0.121 e. The van der Waals surface area contributed by atoms with Crippen LogP contribution in [0.2, 0.25) is 0 Å². The third-order valence-corrected chi connectivity index (χ3v) is 3.14. The molecular formula is C13H20N2O. The third-order valence-electron chi connectivity index (χ3n) is 3.14. The minimum atomic E-state index is 0.836. The fourth-order valence-electron chi connectivity index (χ4n) is 1.93. The van der Waals surface area contributed by atoms with Gasteiger partial charge in [0.1, 0.15) is 5.75 Å².